The van der Waals surface area contributed by atoms with Crippen molar-refractivity contribution in [3.05, 3.63) is 10.6 Å². The van der Waals surface area contributed by atoms with E-state index in [4.69, 9.17) is 9.47 Å². The van der Waals surface area contributed by atoms with Gasteiger partial charge < -0.3 is 9.47 Å². The summed E-state index contributed by atoms with van der Waals surface area (Å²) < 4.78 is 11.3. The number of halogens is 1. The van der Waals surface area contributed by atoms with Crippen LogP contribution in [0.5, 0.6) is 0 Å². The van der Waals surface area contributed by atoms with Gasteiger partial charge in [-0.1, -0.05) is 15.9 Å². The maximum absolute atomic E-state index is 10.9. The highest BCUT2D eigenvalue weighted by atomic mass is 79.9. The summed E-state index contributed by atoms with van der Waals surface area (Å²) in [5.74, 6) is -0.274. The van der Waals surface area contributed by atoms with Crippen LogP contribution in [0.15, 0.2) is 10.6 Å². The number of ether oxygens (including phenoxy) is 2. The van der Waals surface area contributed by atoms with Crippen LogP contribution in [-0.2, 0) is 14.3 Å². The molecule has 0 aromatic heterocycles. The fourth-order valence-electron chi connectivity index (χ4n) is 1.45. The van der Waals surface area contributed by atoms with Crippen LogP contribution in [0.3, 0.4) is 0 Å². The number of carbonyl (C=O) groups excluding carboxylic acids is 1. The summed E-state index contributed by atoms with van der Waals surface area (Å²) in [7, 11) is 0. The van der Waals surface area contributed by atoms with E-state index < -0.39 is 5.60 Å². The molecule has 1 spiro atoms. The quantitative estimate of drug-likeness (QED) is 0.675. The van der Waals surface area contributed by atoms with Crippen molar-refractivity contribution in [3.8, 4) is 0 Å². The Morgan fingerprint density at radius 2 is 2.67 bits per heavy atom. The fourth-order valence-corrected chi connectivity index (χ4v) is 2.14. The molecule has 12 heavy (non-hydrogen) atoms. The number of esters is 1. The van der Waals surface area contributed by atoms with Gasteiger partial charge in [0.1, 0.15) is 6.10 Å². The normalized spacial score (nSPS) is 38.3. The lowest BCUT2D eigenvalue weighted by Crippen LogP contribution is -2.18. The SMILES string of the molecule is CCOC1CC12OC(=O)C=C2Br. The van der Waals surface area contributed by atoms with Gasteiger partial charge in [0.25, 0.3) is 0 Å². The van der Waals surface area contributed by atoms with Crippen molar-refractivity contribution in [2.24, 2.45) is 0 Å². The first-order valence-electron chi connectivity index (χ1n) is 3.91. The Kier molecular flexibility index (Phi) is 1.77. The van der Waals surface area contributed by atoms with E-state index in [0.717, 1.165) is 10.9 Å². The molecule has 2 aliphatic rings. The van der Waals surface area contributed by atoms with Crippen LogP contribution >= 0.6 is 15.9 Å². The zero-order valence-corrected chi connectivity index (χ0v) is 8.26. The first-order valence-corrected chi connectivity index (χ1v) is 4.70. The second kappa shape index (κ2) is 2.57. The van der Waals surface area contributed by atoms with Gasteiger partial charge in [-0.05, 0) is 6.92 Å². The molecule has 2 rings (SSSR count). The second-order valence-electron chi connectivity index (χ2n) is 2.95. The molecular weight excluding hydrogens is 224 g/mol. The van der Waals surface area contributed by atoms with Crippen molar-refractivity contribution < 1.29 is 14.3 Å². The summed E-state index contributed by atoms with van der Waals surface area (Å²) >= 11 is 3.31. The molecule has 1 aliphatic heterocycles. The standard InChI is InChI=1S/C8H9BrO3/c1-2-11-6-4-8(6)5(9)3-7(10)12-8/h3,6H,2,4H2,1H3. The summed E-state index contributed by atoms with van der Waals surface area (Å²) in [6.45, 7) is 2.59. The predicted octanol–water partition coefficient (Wildman–Crippen LogP) is 1.37. The van der Waals surface area contributed by atoms with Gasteiger partial charge in [0.15, 0.2) is 5.60 Å². The topological polar surface area (TPSA) is 35.5 Å². The fraction of sp³-hybridized carbons (Fsp3) is 0.625. The van der Waals surface area contributed by atoms with Gasteiger partial charge in [-0.15, -0.1) is 0 Å². The van der Waals surface area contributed by atoms with Crippen molar-refractivity contribution >= 4 is 21.9 Å². The molecule has 0 bridgehead atoms. The largest absolute Gasteiger partial charge is 0.448 e. The van der Waals surface area contributed by atoms with E-state index in [9.17, 15) is 4.79 Å². The van der Waals surface area contributed by atoms with Crippen LogP contribution in [-0.4, -0.2) is 24.3 Å². The van der Waals surface area contributed by atoms with Gasteiger partial charge in [-0.25, -0.2) is 4.79 Å². The molecule has 4 heteroatoms. The van der Waals surface area contributed by atoms with Crippen molar-refractivity contribution in [1.82, 2.24) is 0 Å². The Morgan fingerprint density at radius 3 is 3.17 bits per heavy atom. The van der Waals surface area contributed by atoms with E-state index in [-0.39, 0.29) is 12.1 Å². The lowest BCUT2D eigenvalue weighted by atomic mass is 10.3. The average molecular weight is 233 g/mol. The smallest absolute Gasteiger partial charge is 0.332 e. The molecule has 0 saturated heterocycles. The molecule has 1 aliphatic carbocycles. The minimum atomic E-state index is -0.451. The molecule has 2 unspecified atom stereocenters. The lowest BCUT2D eigenvalue weighted by Gasteiger charge is -2.09. The highest BCUT2D eigenvalue weighted by Crippen LogP contribution is 2.53. The molecule has 1 heterocycles. The van der Waals surface area contributed by atoms with Crippen molar-refractivity contribution in [3.63, 3.8) is 0 Å². The molecule has 1 fully saturated rings. The minimum Gasteiger partial charge on any atom is -0.448 e. The molecule has 1 saturated carbocycles. The molecule has 0 aromatic rings. The third kappa shape index (κ3) is 1.02. The maximum Gasteiger partial charge on any atom is 0.332 e. The zero-order valence-electron chi connectivity index (χ0n) is 6.67. The summed E-state index contributed by atoms with van der Waals surface area (Å²) in [4.78, 5) is 10.9. The van der Waals surface area contributed by atoms with E-state index in [1.807, 2.05) is 6.92 Å². The summed E-state index contributed by atoms with van der Waals surface area (Å²) in [6, 6.07) is 0. The molecule has 2 atom stereocenters. The van der Waals surface area contributed by atoms with Gasteiger partial charge in [-0.3, -0.25) is 0 Å². The summed E-state index contributed by atoms with van der Waals surface area (Å²) in [6.07, 6.45) is 2.31. The first-order chi connectivity index (χ1) is 5.69. The maximum atomic E-state index is 10.9. The van der Waals surface area contributed by atoms with E-state index in [2.05, 4.69) is 15.9 Å². The van der Waals surface area contributed by atoms with Crippen molar-refractivity contribution in [1.29, 1.82) is 0 Å². The van der Waals surface area contributed by atoms with Crippen LogP contribution in [0.2, 0.25) is 0 Å². The monoisotopic (exact) mass is 232 g/mol. The van der Waals surface area contributed by atoms with Gasteiger partial charge in [0, 0.05) is 23.6 Å². The second-order valence-corrected chi connectivity index (χ2v) is 3.81. The van der Waals surface area contributed by atoms with Crippen molar-refractivity contribution in [2.45, 2.75) is 25.0 Å². The Bertz CT molecular complexity index is 261. The van der Waals surface area contributed by atoms with E-state index >= 15 is 0 Å². The number of hydrogen-bond acceptors (Lipinski definition) is 3. The summed E-state index contributed by atoms with van der Waals surface area (Å²) in [5, 5.41) is 0. The van der Waals surface area contributed by atoms with E-state index in [0.29, 0.717) is 6.61 Å². The highest BCUT2D eigenvalue weighted by molar-refractivity contribution is 9.11. The number of rotatable bonds is 2. The molecule has 0 radical (unpaired) electrons. The minimum absolute atomic E-state index is 0.0552. The predicted molar refractivity (Wildman–Crippen MR) is 45.9 cm³/mol. The van der Waals surface area contributed by atoms with Crippen LogP contribution in [0.25, 0.3) is 0 Å². The third-order valence-electron chi connectivity index (χ3n) is 2.15. The van der Waals surface area contributed by atoms with Gasteiger partial charge in [0.05, 0.1) is 0 Å². The Labute approximate surface area is 78.8 Å². The highest BCUT2D eigenvalue weighted by Gasteiger charge is 2.63. The van der Waals surface area contributed by atoms with E-state index in [1.54, 1.807) is 0 Å². The van der Waals surface area contributed by atoms with Crippen molar-refractivity contribution in [2.75, 3.05) is 6.61 Å². The Hall–Kier alpha value is -0.350. The van der Waals surface area contributed by atoms with E-state index in [1.165, 1.54) is 6.08 Å². The van der Waals surface area contributed by atoms with Crippen LogP contribution < -0.4 is 0 Å². The van der Waals surface area contributed by atoms with Crippen LogP contribution in [0, 0.1) is 0 Å². The summed E-state index contributed by atoms with van der Waals surface area (Å²) in [5.41, 5.74) is -0.451. The Balaban J connectivity index is 2.08. The first kappa shape index (κ1) is 8.26. The molecule has 0 aromatic carbocycles. The average Bonchev–Trinajstić information content (AvgIpc) is 2.56. The molecule has 0 amide bonds. The Morgan fingerprint density at radius 1 is 1.92 bits per heavy atom. The van der Waals surface area contributed by atoms with Gasteiger partial charge >= 0.3 is 5.97 Å². The van der Waals surface area contributed by atoms with Crippen LogP contribution in [0.4, 0.5) is 0 Å². The zero-order chi connectivity index (χ0) is 8.77. The van der Waals surface area contributed by atoms with Gasteiger partial charge in [-0.2, -0.15) is 0 Å². The lowest BCUT2D eigenvalue weighted by molar-refractivity contribution is -0.142. The third-order valence-corrected chi connectivity index (χ3v) is 3.05. The van der Waals surface area contributed by atoms with Crippen LogP contribution in [0.1, 0.15) is 13.3 Å². The number of carbonyl (C=O) groups is 1. The van der Waals surface area contributed by atoms with Gasteiger partial charge in [0.2, 0.25) is 0 Å². The number of hydrogen-bond donors (Lipinski definition) is 0. The molecule has 3 nitrogen and oxygen atoms in total. The molecule has 0 N–H and O–H groups in total. The molecule has 66 valence electrons. The molecular formula is C8H9BrO3.